The van der Waals surface area contributed by atoms with E-state index in [4.69, 9.17) is 0 Å². The summed E-state index contributed by atoms with van der Waals surface area (Å²) in [5.41, 5.74) is -13.4. The first-order valence-corrected chi connectivity index (χ1v) is 7.11. The van der Waals surface area contributed by atoms with Gasteiger partial charge in [-0.25, -0.2) is 17.6 Å². The highest BCUT2D eigenvalue weighted by molar-refractivity contribution is 6.63. The molecule has 0 aromatic heterocycles. The smallest absolute Gasteiger partial charge is 0.205 e. The highest BCUT2D eigenvalue weighted by Crippen LogP contribution is 2.56. The Labute approximate surface area is 113 Å². The molecule has 0 aliphatic heterocycles. The van der Waals surface area contributed by atoms with Crippen molar-refractivity contribution in [2.75, 3.05) is 0 Å². The summed E-state index contributed by atoms with van der Waals surface area (Å²) in [5, 5.41) is 0. The van der Waals surface area contributed by atoms with Crippen molar-refractivity contribution in [1.82, 2.24) is 0 Å². The summed E-state index contributed by atoms with van der Waals surface area (Å²) in [6.07, 6.45) is -14.1. The molecule has 15 heteroatoms. The lowest BCUT2D eigenvalue weighted by atomic mass is 10.1. The number of halogens is 14. The highest BCUT2D eigenvalue weighted by Gasteiger charge is 2.85. The van der Waals surface area contributed by atoms with E-state index in [1.807, 2.05) is 0 Å². The van der Waals surface area contributed by atoms with Crippen LogP contribution in [0.2, 0.25) is 6.55 Å². The highest BCUT2D eigenvalue weighted by atomic mass is 28.3. The lowest BCUT2D eigenvalue weighted by molar-refractivity contribution is -0.385. The summed E-state index contributed by atoms with van der Waals surface area (Å²) in [7, 11) is -6.56. The monoisotopic (exact) mass is 382 g/mol. The van der Waals surface area contributed by atoms with Gasteiger partial charge in [-0.3, -0.25) is 0 Å². The van der Waals surface area contributed by atoms with Crippen LogP contribution in [0.25, 0.3) is 0 Å². The largest absolute Gasteiger partial charge is 0.460 e. The van der Waals surface area contributed by atoms with Crippen molar-refractivity contribution in [3.05, 3.63) is 0 Å². The molecule has 0 heterocycles. The van der Waals surface area contributed by atoms with Crippen LogP contribution in [0.15, 0.2) is 0 Å². The van der Waals surface area contributed by atoms with E-state index in [1.54, 1.807) is 0 Å². The molecule has 1 atom stereocenters. The minimum absolute atomic E-state index is 0.784. The van der Waals surface area contributed by atoms with Gasteiger partial charge in [0.15, 0.2) is 0 Å². The number of hydrogen-bond acceptors (Lipinski definition) is 0. The zero-order valence-corrected chi connectivity index (χ0v) is 11.0. The molecule has 0 bridgehead atoms. The van der Waals surface area contributed by atoms with Crippen LogP contribution in [-0.4, -0.2) is 44.1 Å². The standard InChI is InChI=1S/C7H4F14Si/c1-22(7(20,21)5(15,16)17)6(18,19)3(10,11)2(8,9)4(12,13)14/h22H,1H3. The van der Waals surface area contributed by atoms with E-state index in [-0.39, 0.29) is 0 Å². The molecule has 0 saturated heterocycles. The molecule has 0 radical (unpaired) electrons. The van der Waals surface area contributed by atoms with Crippen molar-refractivity contribution >= 4 is 8.80 Å². The molecule has 0 spiro atoms. The topological polar surface area (TPSA) is 0 Å². The molecule has 0 rings (SSSR count). The molecule has 0 fully saturated rings. The molecule has 1 unspecified atom stereocenters. The second-order valence-electron chi connectivity index (χ2n) is 4.11. The first kappa shape index (κ1) is 21.2. The van der Waals surface area contributed by atoms with Gasteiger partial charge >= 0.3 is 35.3 Å². The van der Waals surface area contributed by atoms with Crippen molar-refractivity contribution in [1.29, 1.82) is 0 Å². The summed E-state index contributed by atoms with van der Waals surface area (Å²) in [6, 6.07) is 0. The van der Waals surface area contributed by atoms with Gasteiger partial charge < -0.3 is 0 Å². The molecule has 22 heavy (non-hydrogen) atoms. The molecule has 0 aliphatic carbocycles. The quantitative estimate of drug-likeness (QED) is 0.493. The van der Waals surface area contributed by atoms with E-state index in [0.29, 0.717) is 0 Å². The molecule has 0 nitrogen and oxygen atoms in total. The fourth-order valence-corrected chi connectivity index (χ4v) is 2.80. The summed E-state index contributed by atoms with van der Waals surface area (Å²) < 4.78 is 172. The van der Waals surface area contributed by atoms with Crippen LogP contribution in [-0.2, 0) is 0 Å². The lowest BCUT2D eigenvalue weighted by Crippen LogP contribution is -2.70. The first-order valence-electron chi connectivity index (χ1n) is 4.80. The third-order valence-corrected chi connectivity index (χ3v) is 5.50. The maximum absolute atomic E-state index is 13.0. The number of alkyl halides is 14. The predicted molar refractivity (Wildman–Crippen MR) is 44.9 cm³/mol. The summed E-state index contributed by atoms with van der Waals surface area (Å²) in [5.74, 6) is -15.0. The minimum Gasteiger partial charge on any atom is -0.205 e. The van der Waals surface area contributed by atoms with Gasteiger partial charge in [0.05, 0.1) is 0 Å². The minimum atomic E-state index is -7.51. The Kier molecular flexibility index (Phi) is 4.94. The van der Waals surface area contributed by atoms with Crippen LogP contribution in [0.3, 0.4) is 0 Å². The van der Waals surface area contributed by atoms with Gasteiger partial charge in [-0.05, 0) is 0 Å². The first-order chi connectivity index (χ1) is 9.15. The van der Waals surface area contributed by atoms with Gasteiger partial charge in [0.25, 0.3) is 0 Å². The van der Waals surface area contributed by atoms with Gasteiger partial charge in [-0.1, -0.05) is 6.55 Å². The van der Waals surface area contributed by atoms with Crippen LogP contribution in [0.1, 0.15) is 0 Å². The van der Waals surface area contributed by atoms with Crippen LogP contribution >= 0.6 is 0 Å². The van der Waals surface area contributed by atoms with Crippen molar-refractivity contribution in [3.63, 3.8) is 0 Å². The summed E-state index contributed by atoms with van der Waals surface area (Å²) >= 11 is 0. The van der Waals surface area contributed by atoms with Gasteiger partial charge in [-0.2, -0.15) is 43.9 Å². The molecule has 0 aromatic rings. The molecule has 134 valence electrons. The predicted octanol–water partition coefficient (Wildman–Crippen LogP) is 4.59. The average molecular weight is 382 g/mol. The maximum Gasteiger partial charge on any atom is 0.460 e. The molecular weight excluding hydrogens is 378 g/mol. The van der Waals surface area contributed by atoms with Crippen molar-refractivity contribution in [2.45, 2.75) is 41.8 Å². The Hall–Kier alpha value is -0.763. The Morgan fingerprint density at radius 3 is 1.00 bits per heavy atom. The second-order valence-corrected chi connectivity index (χ2v) is 7.01. The fourth-order valence-electron chi connectivity index (χ4n) is 1.13. The van der Waals surface area contributed by atoms with E-state index < -0.39 is 50.6 Å². The number of rotatable bonds is 4. The summed E-state index contributed by atoms with van der Waals surface area (Å²) in [6.45, 7) is -0.784. The van der Waals surface area contributed by atoms with E-state index in [1.165, 1.54) is 0 Å². The number of hydrogen-bond donors (Lipinski definition) is 0. The third-order valence-electron chi connectivity index (χ3n) is 2.63. The van der Waals surface area contributed by atoms with E-state index in [9.17, 15) is 61.5 Å². The van der Waals surface area contributed by atoms with Gasteiger partial charge in [-0.15, -0.1) is 0 Å². The molecule has 0 saturated carbocycles. The van der Waals surface area contributed by atoms with E-state index >= 15 is 0 Å². The van der Waals surface area contributed by atoms with Crippen molar-refractivity contribution in [3.8, 4) is 0 Å². The van der Waals surface area contributed by atoms with Crippen LogP contribution < -0.4 is 0 Å². The zero-order chi connectivity index (χ0) is 18.6. The van der Waals surface area contributed by atoms with Crippen molar-refractivity contribution in [2.24, 2.45) is 0 Å². The molecule has 0 amide bonds. The maximum atomic E-state index is 13.0. The zero-order valence-electron chi connectivity index (χ0n) is 9.87. The summed E-state index contributed by atoms with van der Waals surface area (Å²) in [4.78, 5) is 0. The average Bonchev–Trinajstić information content (AvgIpc) is 2.24. The third kappa shape index (κ3) is 2.87. The fraction of sp³-hybridized carbons (Fsp3) is 1.00. The van der Waals surface area contributed by atoms with Gasteiger partial charge in [0, 0.05) is 0 Å². The second kappa shape index (κ2) is 5.12. The normalized spacial score (nSPS) is 17.6. The SMILES string of the molecule is C[SiH](C(F)(F)C(F)(F)F)C(F)(F)C(F)(F)C(F)(F)C(F)(F)F. The molecule has 0 N–H and O–H groups in total. The van der Waals surface area contributed by atoms with Crippen LogP contribution in [0, 0.1) is 0 Å². The van der Waals surface area contributed by atoms with E-state index in [2.05, 4.69) is 0 Å². The van der Waals surface area contributed by atoms with Gasteiger partial charge in [0.2, 0.25) is 8.80 Å². The Morgan fingerprint density at radius 1 is 0.455 bits per heavy atom. The lowest BCUT2D eigenvalue weighted by Gasteiger charge is -2.38. The van der Waals surface area contributed by atoms with Crippen LogP contribution in [0.5, 0.6) is 0 Å². The van der Waals surface area contributed by atoms with Gasteiger partial charge in [0.1, 0.15) is 0 Å². The molecule has 0 aliphatic rings. The van der Waals surface area contributed by atoms with Crippen LogP contribution in [0.4, 0.5) is 61.5 Å². The Bertz CT molecular complexity index is 402. The van der Waals surface area contributed by atoms with E-state index in [0.717, 1.165) is 0 Å². The molecule has 0 aromatic carbocycles. The Balaban J connectivity index is 6.03. The Morgan fingerprint density at radius 2 is 0.773 bits per heavy atom. The molecular formula is C7H4F14Si. The van der Waals surface area contributed by atoms with Crippen molar-refractivity contribution < 1.29 is 61.5 Å².